The molecule has 4 heteroatoms. The molecule has 1 amide bonds. The normalized spacial score (nSPS) is 23.6. The fraction of sp³-hybridized carbons (Fsp3) is 0.923. The molecule has 1 aliphatic heterocycles. The predicted octanol–water partition coefficient (Wildman–Crippen LogP) is 2.19. The van der Waals surface area contributed by atoms with E-state index in [1.54, 1.807) is 0 Å². The highest BCUT2D eigenvalue weighted by atomic mass is 35.5. The number of halogens is 1. The number of hydrogen-bond donors (Lipinski definition) is 0. The van der Waals surface area contributed by atoms with Gasteiger partial charge in [0.1, 0.15) is 0 Å². The summed E-state index contributed by atoms with van der Waals surface area (Å²) < 4.78 is 0. The van der Waals surface area contributed by atoms with Crippen molar-refractivity contribution in [1.82, 2.24) is 9.80 Å². The molecule has 1 rings (SSSR count). The second kappa shape index (κ2) is 6.05. The highest BCUT2D eigenvalue weighted by Crippen LogP contribution is 2.24. The molecule has 0 aliphatic carbocycles. The first-order chi connectivity index (χ1) is 7.92. The lowest BCUT2D eigenvalue weighted by molar-refractivity contribution is -0.141. The van der Waals surface area contributed by atoms with Gasteiger partial charge in [-0.15, -0.1) is 11.6 Å². The topological polar surface area (TPSA) is 23.6 Å². The average Bonchev–Trinajstić information content (AvgIpc) is 2.49. The van der Waals surface area contributed by atoms with E-state index in [0.717, 1.165) is 32.5 Å². The monoisotopic (exact) mass is 260 g/mol. The summed E-state index contributed by atoms with van der Waals surface area (Å²) in [6.07, 6.45) is 2.06. The van der Waals surface area contributed by atoms with Crippen LogP contribution in [0.5, 0.6) is 0 Å². The Morgan fingerprint density at radius 3 is 2.59 bits per heavy atom. The fourth-order valence-corrected chi connectivity index (χ4v) is 2.42. The van der Waals surface area contributed by atoms with Crippen molar-refractivity contribution in [2.75, 3.05) is 32.6 Å². The summed E-state index contributed by atoms with van der Waals surface area (Å²) in [5.74, 6) is 0.587. The van der Waals surface area contributed by atoms with Gasteiger partial charge >= 0.3 is 0 Å². The molecule has 1 aliphatic rings. The molecule has 1 fully saturated rings. The first kappa shape index (κ1) is 14.8. The lowest BCUT2D eigenvalue weighted by atomic mass is 9.93. The van der Waals surface area contributed by atoms with Gasteiger partial charge in [0.15, 0.2) is 0 Å². The number of amides is 1. The van der Waals surface area contributed by atoms with Crippen molar-refractivity contribution in [3.05, 3.63) is 0 Å². The third kappa shape index (κ3) is 3.59. The first-order valence-corrected chi connectivity index (χ1v) is 7.01. The highest BCUT2D eigenvalue weighted by molar-refractivity contribution is 6.19. The Labute approximate surface area is 110 Å². The summed E-state index contributed by atoms with van der Waals surface area (Å²) in [5.41, 5.74) is -0.447. The maximum absolute atomic E-state index is 12.5. The summed E-state index contributed by atoms with van der Waals surface area (Å²) in [6, 6.07) is 0.331. The number of carbonyl (C=O) groups excluding carboxylic acids is 1. The van der Waals surface area contributed by atoms with Crippen LogP contribution in [-0.4, -0.2) is 54.3 Å². The molecule has 0 aromatic rings. The minimum Gasteiger partial charge on any atom is -0.338 e. The van der Waals surface area contributed by atoms with Crippen LogP contribution in [0.3, 0.4) is 0 Å². The van der Waals surface area contributed by atoms with Gasteiger partial charge in [-0.05, 0) is 40.3 Å². The molecule has 0 N–H and O–H groups in total. The average molecular weight is 261 g/mol. The smallest absolute Gasteiger partial charge is 0.229 e. The molecule has 1 unspecified atom stereocenters. The van der Waals surface area contributed by atoms with Gasteiger partial charge in [0.2, 0.25) is 5.91 Å². The van der Waals surface area contributed by atoms with Crippen LogP contribution in [0, 0.1) is 5.41 Å². The van der Waals surface area contributed by atoms with Crippen LogP contribution < -0.4 is 0 Å². The van der Waals surface area contributed by atoms with Crippen LogP contribution in [0.25, 0.3) is 0 Å². The Hall–Kier alpha value is -0.280. The molecular formula is C13H25ClN2O. The largest absolute Gasteiger partial charge is 0.338 e. The van der Waals surface area contributed by atoms with E-state index in [1.807, 2.05) is 18.7 Å². The Morgan fingerprint density at radius 1 is 1.41 bits per heavy atom. The third-order valence-corrected chi connectivity index (χ3v) is 4.22. The molecule has 3 nitrogen and oxygen atoms in total. The van der Waals surface area contributed by atoms with Crippen LogP contribution in [0.2, 0.25) is 0 Å². The van der Waals surface area contributed by atoms with E-state index in [4.69, 9.17) is 11.6 Å². The van der Waals surface area contributed by atoms with Gasteiger partial charge in [-0.1, -0.05) is 6.92 Å². The molecule has 0 aromatic heterocycles. The number of carbonyl (C=O) groups is 1. The Morgan fingerprint density at radius 2 is 2.06 bits per heavy atom. The van der Waals surface area contributed by atoms with Gasteiger partial charge in [-0.2, -0.15) is 0 Å². The van der Waals surface area contributed by atoms with Crippen molar-refractivity contribution in [3.8, 4) is 0 Å². The van der Waals surface area contributed by atoms with Gasteiger partial charge in [0, 0.05) is 25.0 Å². The van der Waals surface area contributed by atoms with Crippen LogP contribution in [0.4, 0.5) is 0 Å². The minimum absolute atomic E-state index is 0.203. The number of rotatable bonds is 3. The molecule has 1 atom stereocenters. The first-order valence-electron chi connectivity index (χ1n) is 6.48. The van der Waals surface area contributed by atoms with E-state index < -0.39 is 5.41 Å². The second-order valence-electron chi connectivity index (χ2n) is 5.69. The van der Waals surface area contributed by atoms with E-state index in [2.05, 4.69) is 18.9 Å². The number of alkyl halides is 1. The van der Waals surface area contributed by atoms with Gasteiger partial charge in [-0.3, -0.25) is 4.79 Å². The van der Waals surface area contributed by atoms with Crippen molar-refractivity contribution in [2.45, 2.75) is 39.7 Å². The van der Waals surface area contributed by atoms with Crippen molar-refractivity contribution < 1.29 is 4.79 Å². The maximum Gasteiger partial charge on any atom is 0.229 e. The third-order valence-electron chi connectivity index (χ3n) is 3.55. The van der Waals surface area contributed by atoms with E-state index >= 15 is 0 Å². The SMILES string of the molecule is CCC1CN(C)CCCN1C(=O)C(C)(C)CCl. The van der Waals surface area contributed by atoms with Gasteiger partial charge in [0.05, 0.1) is 5.41 Å². The Kier molecular flexibility index (Phi) is 5.26. The zero-order valence-electron chi connectivity index (χ0n) is 11.5. The molecule has 0 saturated carbocycles. The lowest BCUT2D eigenvalue weighted by Gasteiger charge is -2.35. The summed E-state index contributed by atoms with van der Waals surface area (Å²) in [6.45, 7) is 8.93. The molecule has 0 bridgehead atoms. The summed E-state index contributed by atoms with van der Waals surface area (Å²) in [7, 11) is 2.13. The molecule has 1 heterocycles. The molecule has 0 radical (unpaired) electrons. The summed E-state index contributed by atoms with van der Waals surface area (Å²) in [4.78, 5) is 16.9. The van der Waals surface area contributed by atoms with E-state index in [9.17, 15) is 4.79 Å². The van der Waals surface area contributed by atoms with Gasteiger partial charge in [0.25, 0.3) is 0 Å². The maximum atomic E-state index is 12.5. The molecule has 100 valence electrons. The molecule has 17 heavy (non-hydrogen) atoms. The second-order valence-corrected chi connectivity index (χ2v) is 5.96. The van der Waals surface area contributed by atoms with E-state index in [1.165, 1.54) is 0 Å². The summed E-state index contributed by atoms with van der Waals surface area (Å²) in [5, 5.41) is 0. The van der Waals surface area contributed by atoms with Gasteiger partial charge < -0.3 is 9.80 Å². The van der Waals surface area contributed by atoms with Crippen molar-refractivity contribution in [3.63, 3.8) is 0 Å². The van der Waals surface area contributed by atoms with Crippen LogP contribution in [-0.2, 0) is 4.79 Å². The number of nitrogens with zero attached hydrogens (tertiary/aromatic N) is 2. The lowest BCUT2D eigenvalue weighted by Crippen LogP contribution is -2.49. The van der Waals surface area contributed by atoms with Crippen molar-refractivity contribution >= 4 is 17.5 Å². The standard InChI is InChI=1S/C13H25ClN2O/c1-5-11-9-15(4)7-6-8-16(11)12(17)13(2,3)10-14/h11H,5-10H2,1-4H3. The predicted molar refractivity (Wildman–Crippen MR) is 72.4 cm³/mol. The highest BCUT2D eigenvalue weighted by Gasteiger charge is 2.35. The van der Waals surface area contributed by atoms with Crippen LogP contribution in [0.15, 0.2) is 0 Å². The molecule has 0 spiro atoms. The Balaban J connectivity index is 2.82. The van der Waals surface area contributed by atoms with Crippen LogP contribution >= 0.6 is 11.6 Å². The van der Waals surface area contributed by atoms with Crippen LogP contribution in [0.1, 0.15) is 33.6 Å². The Bertz CT molecular complexity index is 268. The number of hydrogen-bond acceptors (Lipinski definition) is 2. The van der Waals surface area contributed by atoms with Crippen molar-refractivity contribution in [1.29, 1.82) is 0 Å². The number of likely N-dealkylation sites (N-methyl/N-ethyl adjacent to an activating group) is 1. The quantitative estimate of drug-likeness (QED) is 0.727. The molecule has 1 saturated heterocycles. The summed E-state index contributed by atoms with van der Waals surface area (Å²) >= 11 is 5.91. The van der Waals surface area contributed by atoms with Crippen molar-refractivity contribution in [2.24, 2.45) is 5.41 Å². The zero-order chi connectivity index (χ0) is 13.1. The molecular weight excluding hydrogens is 236 g/mol. The fourth-order valence-electron chi connectivity index (χ4n) is 2.31. The molecule has 0 aromatic carbocycles. The van der Waals surface area contributed by atoms with E-state index in [0.29, 0.717) is 11.9 Å². The van der Waals surface area contributed by atoms with Gasteiger partial charge in [-0.25, -0.2) is 0 Å². The zero-order valence-corrected chi connectivity index (χ0v) is 12.3. The van der Waals surface area contributed by atoms with E-state index in [-0.39, 0.29) is 5.91 Å². The minimum atomic E-state index is -0.447.